The maximum atomic E-state index is 12.8. The molecule has 4 aliphatic heterocycles. The van der Waals surface area contributed by atoms with Crippen LogP contribution in [0.4, 0.5) is 5.69 Å². The van der Waals surface area contributed by atoms with E-state index in [-0.39, 0.29) is 24.5 Å². The van der Waals surface area contributed by atoms with Crippen LogP contribution in [0.1, 0.15) is 80.6 Å². The maximum absolute atomic E-state index is 12.8. The molecule has 5 aromatic carbocycles. The Bertz CT molecular complexity index is 2370. The number of ether oxygens (including phenoxy) is 5. The molecule has 1 N–H and O–H groups in total. The lowest BCUT2D eigenvalue weighted by Gasteiger charge is -2.37. The third-order valence-corrected chi connectivity index (χ3v) is 12.1. The Kier molecular flexibility index (Phi) is 11.9. The van der Waals surface area contributed by atoms with Crippen LogP contribution in [0.25, 0.3) is 4.85 Å². The average Bonchev–Trinajstić information content (AvgIpc) is 3.26. The van der Waals surface area contributed by atoms with Crippen LogP contribution in [-0.4, -0.2) is 68.7 Å². The Morgan fingerprint density at radius 3 is 2.24 bits per heavy atom. The number of benzene rings is 5. The first-order valence-corrected chi connectivity index (χ1v) is 20.4. The fourth-order valence-electron chi connectivity index (χ4n) is 8.74. The molecule has 10 heteroatoms. The van der Waals surface area contributed by atoms with Crippen LogP contribution >= 0.6 is 0 Å². The van der Waals surface area contributed by atoms with Gasteiger partial charge in [-0.3, -0.25) is 14.6 Å². The van der Waals surface area contributed by atoms with E-state index in [1.807, 2.05) is 18.2 Å². The average molecular weight is 794 g/mol. The Labute approximate surface area is 346 Å². The Morgan fingerprint density at radius 2 is 1.51 bits per heavy atom. The van der Waals surface area contributed by atoms with Gasteiger partial charge in [-0.05, 0) is 123 Å². The van der Waals surface area contributed by atoms with Crippen LogP contribution < -0.4 is 23.7 Å². The number of ketones is 1. The first-order valence-electron chi connectivity index (χ1n) is 20.4. The van der Waals surface area contributed by atoms with Gasteiger partial charge >= 0.3 is 0 Å². The molecule has 10 nitrogen and oxygen atoms in total. The van der Waals surface area contributed by atoms with E-state index >= 15 is 0 Å². The molecule has 5 aromatic rings. The fraction of sp³-hybridized carbons (Fsp3) is 0.347. The highest BCUT2D eigenvalue weighted by molar-refractivity contribution is 5.96. The summed E-state index contributed by atoms with van der Waals surface area (Å²) in [7, 11) is 7.63. The molecule has 0 aromatic heterocycles. The minimum atomic E-state index is -0.184. The zero-order valence-electron chi connectivity index (χ0n) is 34.3. The molecule has 0 aliphatic carbocycles. The second kappa shape index (κ2) is 17.6. The van der Waals surface area contributed by atoms with E-state index in [2.05, 4.69) is 71.2 Å². The standard InChI is InChI=1S/C49H51N3O7/c1-50-37-14-12-33(13-15-37)42(54)8-6-7-23-57-43-18-11-32-25-41-47-35(20-22-52(41)3)27-36(30-53)48(56-5)49(47)59-46-29-39-34(28-44(46)55-4)19-21-51(2)40(39)24-31-9-16-38(17-10-31)58-45(43)26-32/h9-18,26-29,40-41,53H,6-8,19-25,30H2,2-5H3/t40?,41-/m1/s1. The number of unbranched alkanes of at least 4 members (excludes halogenated alkanes) is 1. The highest BCUT2D eigenvalue weighted by Gasteiger charge is 2.34. The lowest BCUT2D eigenvalue weighted by Crippen LogP contribution is -2.34. The Morgan fingerprint density at radius 1 is 0.797 bits per heavy atom. The number of methoxy groups -OCH3 is 2. The molecular weight excluding hydrogens is 743 g/mol. The molecule has 0 fully saturated rings. The first kappa shape index (κ1) is 39.9. The highest BCUT2D eigenvalue weighted by atomic mass is 16.5. The van der Waals surface area contributed by atoms with Crippen LogP contribution in [0.5, 0.6) is 40.2 Å². The first-order chi connectivity index (χ1) is 28.8. The predicted molar refractivity (Wildman–Crippen MR) is 227 cm³/mol. The topological polar surface area (TPSA) is 94.3 Å². The van der Waals surface area contributed by atoms with Gasteiger partial charge in [0.2, 0.25) is 0 Å². The van der Waals surface area contributed by atoms with Gasteiger partial charge in [-0.1, -0.05) is 42.5 Å². The third kappa shape index (κ3) is 8.37. The predicted octanol–water partition coefficient (Wildman–Crippen LogP) is 9.62. The van der Waals surface area contributed by atoms with E-state index in [1.54, 1.807) is 38.5 Å². The van der Waals surface area contributed by atoms with E-state index in [1.165, 1.54) is 16.7 Å². The zero-order chi connectivity index (χ0) is 41.0. The summed E-state index contributed by atoms with van der Waals surface area (Å²) in [5.74, 6) is 4.40. The van der Waals surface area contributed by atoms with Crippen molar-refractivity contribution in [1.29, 1.82) is 0 Å². The van der Waals surface area contributed by atoms with Crippen molar-refractivity contribution < 1.29 is 33.6 Å². The molecule has 59 heavy (non-hydrogen) atoms. The normalized spacial score (nSPS) is 17.4. The number of nitrogens with zero attached hydrogens (tertiary/aromatic N) is 3. The SMILES string of the molecule is [C-]#[N+]c1ccc(C(=O)CCCCOc2ccc3cc2Oc2ccc(cc2)CC2c4cc(c(OC)cc4CCN2C)Oc2c(OC)c(CO)cc4c2[C@@H](C3)N(C)CC4)cc1. The highest BCUT2D eigenvalue weighted by Crippen LogP contribution is 2.50. The minimum Gasteiger partial charge on any atom is -0.493 e. The van der Waals surface area contributed by atoms with Crippen molar-refractivity contribution in [3.8, 4) is 40.2 Å². The van der Waals surface area contributed by atoms with Gasteiger partial charge in [-0.25, -0.2) is 4.85 Å². The van der Waals surface area contributed by atoms with E-state index in [0.717, 1.165) is 49.0 Å². The second-order valence-corrected chi connectivity index (χ2v) is 15.7. The summed E-state index contributed by atoms with van der Waals surface area (Å²) >= 11 is 0. The van der Waals surface area contributed by atoms with E-state index < -0.39 is 0 Å². The van der Waals surface area contributed by atoms with Crippen LogP contribution in [-0.2, 0) is 32.3 Å². The summed E-state index contributed by atoms with van der Waals surface area (Å²) in [5.41, 5.74) is 8.64. The van der Waals surface area contributed by atoms with E-state index in [9.17, 15) is 9.90 Å². The molecule has 6 bridgehead atoms. The summed E-state index contributed by atoms with van der Waals surface area (Å²) in [6, 6.07) is 27.6. The lowest BCUT2D eigenvalue weighted by atomic mass is 9.86. The van der Waals surface area contributed by atoms with Gasteiger partial charge in [0.25, 0.3) is 0 Å². The van der Waals surface area contributed by atoms with Gasteiger partial charge in [0.1, 0.15) is 5.75 Å². The lowest BCUT2D eigenvalue weighted by molar-refractivity contribution is 0.0977. The molecular formula is C49H51N3O7. The molecule has 0 amide bonds. The Balaban J connectivity index is 1.15. The largest absolute Gasteiger partial charge is 0.493 e. The summed E-state index contributed by atoms with van der Waals surface area (Å²) in [6.07, 6.45) is 4.89. The smallest absolute Gasteiger partial charge is 0.187 e. The molecule has 0 saturated carbocycles. The molecule has 9 rings (SSSR count). The van der Waals surface area contributed by atoms with Crippen LogP contribution in [0.15, 0.2) is 84.9 Å². The monoisotopic (exact) mass is 793 g/mol. The molecule has 4 heterocycles. The molecule has 304 valence electrons. The van der Waals surface area contributed by atoms with Crippen molar-refractivity contribution in [1.82, 2.24) is 9.80 Å². The zero-order valence-corrected chi connectivity index (χ0v) is 34.3. The molecule has 0 saturated heterocycles. The van der Waals surface area contributed by atoms with Crippen LogP contribution in [0, 0.1) is 6.57 Å². The molecule has 0 spiro atoms. The van der Waals surface area contributed by atoms with Gasteiger partial charge in [-0.2, -0.15) is 0 Å². The van der Waals surface area contributed by atoms with Crippen molar-refractivity contribution in [2.75, 3.05) is 48.0 Å². The van der Waals surface area contributed by atoms with Crippen LogP contribution in [0.3, 0.4) is 0 Å². The summed E-state index contributed by atoms with van der Waals surface area (Å²) in [5, 5.41) is 10.6. The van der Waals surface area contributed by atoms with Gasteiger partial charge in [-0.15, -0.1) is 0 Å². The number of aliphatic hydroxyl groups excluding tert-OH is 1. The number of aliphatic hydroxyl groups is 1. The van der Waals surface area contributed by atoms with Gasteiger partial charge < -0.3 is 28.8 Å². The number of hydrogen-bond donors (Lipinski definition) is 1. The van der Waals surface area contributed by atoms with Crippen molar-refractivity contribution >= 4 is 11.5 Å². The molecule has 1 unspecified atom stereocenters. The number of rotatable bonds is 10. The number of fused-ring (bicyclic) bond motifs is 2. The van der Waals surface area contributed by atoms with Gasteiger partial charge in [0.05, 0.1) is 34.0 Å². The number of hydrogen-bond acceptors (Lipinski definition) is 9. The second-order valence-electron chi connectivity index (χ2n) is 15.7. The fourth-order valence-corrected chi connectivity index (χ4v) is 8.74. The number of likely N-dealkylation sites (N-methyl/N-ethyl adjacent to an activating group) is 2. The number of carbonyl (C=O) groups excluding carboxylic acids is 1. The summed E-state index contributed by atoms with van der Waals surface area (Å²) in [6.45, 7) is 9.14. The summed E-state index contributed by atoms with van der Waals surface area (Å²) in [4.78, 5) is 21.0. The molecule has 4 aliphatic rings. The Hall–Kier alpha value is -5.86. The van der Waals surface area contributed by atoms with Gasteiger partial charge in [0, 0.05) is 48.3 Å². The number of carbonyl (C=O) groups is 1. The van der Waals surface area contributed by atoms with Crippen molar-refractivity contribution in [2.45, 2.75) is 63.6 Å². The van der Waals surface area contributed by atoms with Crippen molar-refractivity contribution in [3.05, 3.63) is 141 Å². The molecule has 2 atom stereocenters. The maximum Gasteiger partial charge on any atom is 0.187 e. The van der Waals surface area contributed by atoms with E-state index in [0.29, 0.717) is 89.4 Å². The van der Waals surface area contributed by atoms with E-state index in [4.69, 9.17) is 30.3 Å². The summed E-state index contributed by atoms with van der Waals surface area (Å²) < 4.78 is 32.2. The van der Waals surface area contributed by atoms with Crippen molar-refractivity contribution in [2.24, 2.45) is 0 Å². The molecule has 0 radical (unpaired) electrons. The third-order valence-electron chi connectivity index (χ3n) is 12.1. The minimum absolute atomic E-state index is 0.0557. The van der Waals surface area contributed by atoms with Crippen molar-refractivity contribution in [3.63, 3.8) is 0 Å². The van der Waals surface area contributed by atoms with Crippen LogP contribution in [0.2, 0.25) is 0 Å². The number of Topliss-reactive ketones (excluding diaryl/α,β-unsaturated/α-hetero) is 1. The van der Waals surface area contributed by atoms with Gasteiger partial charge in [0.15, 0.2) is 46.0 Å². The quantitative estimate of drug-likeness (QED) is 0.0843.